The number of benzene rings is 1. The summed E-state index contributed by atoms with van der Waals surface area (Å²) in [5, 5.41) is 1.66. The van der Waals surface area contributed by atoms with Crippen molar-refractivity contribution in [2.24, 2.45) is 5.84 Å². The van der Waals surface area contributed by atoms with Gasteiger partial charge in [-0.15, -0.1) is 0 Å². The summed E-state index contributed by atoms with van der Waals surface area (Å²) >= 11 is 0. The van der Waals surface area contributed by atoms with E-state index >= 15 is 0 Å². The van der Waals surface area contributed by atoms with Crippen LogP contribution >= 0.6 is 0 Å². The van der Waals surface area contributed by atoms with Crippen molar-refractivity contribution in [3.63, 3.8) is 0 Å². The second kappa shape index (κ2) is 4.66. The van der Waals surface area contributed by atoms with Crippen LogP contribution in [0.5, 0.6) is 0 Å². The van der Waals surface area contributed by atoms with E-state index in [1.54, 1.807) is 17.1 Å². The Morgan fingerprint density at radius 2 is 1.71 bits per heavy atom. The molecule has 0 saturated carbocycles. The zero-order valence-electron chi connectivity index (χ0n) is 9.37. The molecule has 0 atom stereocenters. The van der Waals surface area contributed by atoms with Gasteiger partial charge in [0, 0.05) is 13.1 Å². The number of halogens is 3. The fourth-order valence-electron chi connectivity index (χ4n) is 2.32. The van der Waals surface area contributed by atoms with Crippen LogP contribution in [0, 0.1) is 0 Å². The van der Waals surface area contributed by atoms with Crippen LogP contribution < -0.4 is 5.84 Å². The maximum absolute atomic E-state index is 12.8. The highest BCUT2D eigenvalue weighted by Gasteiger charge is 2.35. The number of alkyl halides is 3. The third-order valence-corrected chi connectivity index (χ3v) is 3.24. The minimum absolute atomic E-state index is 0.0346. The number of rotatable bonds is 1. The summed E-state index contributed by atoms with van der Waals surface area (Å²) in [5.41, 5.74) is -0.0939. The fraction of sp³-hybridized carbons (Fsp3) is 0.500. The van der Waals surface area contributed by atoms with Gasteiger partial charge in [0.1, 0.15) is 0 Å². The van der Waals surface area contributed by atoms with Gasteiger partial charge in [0.05, 0.1) is 5.56 Å². The summed E-state index contributed by atoms with van der Waals surface area (Å²) in [5.74, 6) is 5.58. The highest BCUT2D eigenvalue weighted by molar-refractivity contribution is 5.33. The zero-order chi connectivity index (χ0) is 12.5. The number of piperidine rings is 1. The molecular formula is C12H15F3N2. The van der Waals surface area contributed by atoms with Gasteiger partial charge in [-0.3, -0.25) is 5.84 Å². The molecule has 0 radical (unpaired) electrons. The first kappa shape index (κ1) is 12.4. The highest BCUT2D eigenvalue weighted by Crippen LogP contribution is 2.38. The van der Waals surface area contributed by atoms with Gasteiger partial charge < -0.3 is 0 Å². The van der Waals surface area contributed by atoms with Crippen molar-refractivity contribution in [2.75, 3.05) is 13.1 Å². The Balaban J connectivity index is 2.26. The van der Waals surface area contributed by atoms with Gasteiger partial charge in [-0.1, -0.05) is 18.2 Å². The molecule has 94 valence electrons. The first-order valence-electron chi connectivity index (χ1n) is 5.64. The Bertz CT molecular complexity index is 382. The lowest BCUT2D eigenvalue weighted by atomic mass is 9.87. The summed E-state index contributed by atoms with van der Waals surface area (Å²) in [6.07, 6.45) is -2.90. The van der Waals surface area contributed by atoms with Crippen molar-refractivity contribution in [2.45, 2.75) is 24.9 Å². The Hall–Kier alpha value is -1.07. The van der Waals surface area contributed by atoms with E-state index in [-0.39, 0.29) is 5.92 Å². The molecule has 1 heterocycles. The Kier molecular flexibility index (Phi) is 3.40. The summed E-state index contributed by atoms with van der Waals surface area (Å²) in [7, 11) is 0. The lowest BCUT2D eigenvalue weighted by Gasteiger charge is -2.30. The molecule has 1 fully saturated rings. The Labute approximate surface area is 98.2 Å². The predicted molar refractivity (Wildman–Crippen MR) is 59.2 cm³/mol. The van der Waals surface area contributed by atoms with E-state index in [4.69, 9.17) is 5.84 Å². The molecule has 0 amide bonds. The van der Waals surface area contributed by atoms with Crippen LogP contribution in [0.1, 0.15) is 29.9 Å². The van der Waals surface area contributed by atoms with Crippen LogP contribution in [0.3, 0.4) is 0 Å². The normalized spacial score (nSPS) is 19.5. The van der Waals surface area contributed by atoms with Crippen LogP contribution in [0.2, 0.25) is 0 Å². The molecule has 2 N–H and O–H groups in total. The van der Waals surface area contributed by atoms with E-state index in [2.05, 4.69) is 0 Å². The molecule has 2 rings (SSSR count). The third-order valence-electron chi connectivity index (χ3n) is 3.24. The van der Waals surface area contributed by atoms with Gasteiger partial charge in [0.25, 0.3) is 0 Å². The summed E-state index contributed by atoms with van der Waals surface area (Å²) in [6, 6.07) is 5.84. The number of hydrogen-bond acceptors (Lipinski definition) is 2. The van der Waals surface area contributed by atoms with E-state index in [1.807, 2.05) is 0 Å². The Morgan fingerprint density at radius 3 is 2.29 bits per heavy atom. The molecule has 5 heteroatoms. The van der Waals surface area contributed by atoms with Gasteiger partial charge >= 0.3 is 6.18 Å². The quantitative estimate of drug-likeness (QED) is 0.770. The molecule has 1 saturated heterocycles. The van der Waals surface area contributed by atoms with Crippen LogP contribution in [-0.2, 0) is 6.18 Å². The second-order valence-corrected chi connectivity index (χ2v) is 4.40. The van der Waals surface area contributed by atoms with Crippen LogP contribution in [0.15, 0.2) is 24.3 Å². The van der Waals surface area contributed by atoms with Crippen molar-refractivity contribution in [1.82, 2.24) is 5.01 Å². The monoisotopic (exact) mass is 244 g/mol. The molecule has 1 aromatic carbocycles. The molecular weight excluding hydrogens is 229 g/mol. The predicted octanol–water partition coefficient (Wildman–Crippen LogP) is 2.76. The molecule has 17 heavy (non-hydrogen) atoms. The zero-order valence-corrected chi connectivity index (χ0v) is 9.37. The van der Waals surface area contributed by atoms with E-state index in [0.717, 1.165) is 6.07 Å². The number of hydrogen-bond donors (Lipinski definition) is 1. The van der Waals surface area contributed by atoms with Crippen LogP contribution in [-0.4, -0.2) is 18.1 Å². The van der Waals surface area contributed by atoms with Crippen LogP contribution in [0.4, 0.5) is 13.2 Å². The van der Waals surface area contributed by atoms with Crippen LogP contribution in [0.25, 0.3) is 0 Å². The fourth-order valence-corrected chi connectivity index (χ4v) is 2.32. The largest absolute Gasteiger partial charge is 0.416 e. The lowest BCUT2D eigenvalue weighted by molar-refractivity contribution is -0.138. The van der Waals surface area contributed by atoms with E-state index in [0.29, 0.717) is 31.5 Å². The molecule has 2 nitrogen and oxygen atoms in total. The maximum atomic E-state index is 12.8. The van der Waals surface area contributed by atoms with Crippen molar-refractivity contribution in [3.05, 3.63) is 35.4 Å². The molecule has 0 aromatic heterocycles. The SMILES string of the molecule is NN1CCC(c2ccccc2C(F)(F)F)CC1. The molecule has 0 spiro atoms. The second-order valence-electron chi connectivity index (χ2n) is 4.40. The van der Waals surface area contributed by atoms with Gasteiger partial charge in [-0.05, 0) is 30.4 Å². The first-order chi connectivity index (χ1) is 7.98. The number of nitrogens with two attached hydrogens (primary N) is 1. The van der Waals surface area contributed by atoms with Gasteiger partial charge in [-0.25, -0.2) is 5.01 Å². The molecule has 1 aromatic rings. The van der Waals surface area contributed by atoms with Crippen molar-refractivity contribution in [3.8, 4) is 0 Å². The minimum Gasteiger partial charge on any atom is -0.269 e. The minimum atomic E-state index is -4.27. The summed E-state index contributed by atoms with van der Waals surface area (Å²) in [4.78, 5) is 0. The van der Waals surface area contributed by atoms with Crippen molar-refractivity contribution in [1.29, 1.82) is 0 Å². The number of hydrazine groups is 1. The third kappa shape index (κ3) is 2.79. The van der Waals surface area contributed by atoms with E-state index in [9.17, 15) is 13.2 Å². The van der Waals surface area contributed by atoms with E-state index in [1.165, 1.54) is 6.07 Å². The lowest BCUT2D eigenvalue weighted by Crippen LogP contribution is -2.38. The summed E-state index contributed by atoms with van der Waals surface area (Å²) in [6.45, 7) is 1.30. The van der Waals surface area contributed by atoms with Crippen molar-refractivity contribution < 1.29 is 13.2 Å². The standard InChI is InChI=1S/C12H15F3N2/c13-12(14,15)11-4-2-1-3-10(11)9-5-7-17(16)8-6-9/h1-4,9H,5-8,16H2. The van der Waals surface area contributed by atoms with Crippen molar-refractivity contribution >= 4 is 0 Å². The maximum Gasteiger partial charge on any atom is 0.416 e. The molecule has 0 aliphatic carbocycles. The van der Waals surface area contributed by atoms with Gasteiger partial charge in [0.2, 0.25) is 0 Å². The topological polar surface area (TPSA) is 29.3 Å². The number of nitrogens with zero attached hydrogens (tertiary/aromatic N) is 1. The van der Waals surface area contributed by atoms with E-state index < -0.39 is 11.7 Å². The summed E-state index contributed by atoms with van der Waals surface area (Å²) < 4.78 is 38.5. The average Bonchev–Trinajstić information content (AvgIpc) is 2.29. The molecule has 0 bridgehead atoms. The molecule has 1 aliphatic heterocycles. The first-order valence-corrected chi connectivity index (χ1v) is 5.64. The molecule has 0 unspecified atom stereocenters. The Morgan fingerprint density at radius 1 is 1.12 bits per heavy atom. The molecule has 1 aliphatic rings. The highest BCUT2D eigenvalue weighted by atomic mass is 19.4. The van der Waals surface area contributed by atoms with Gasteiger partial charge in [0.15, 0.2) is 0 Å². The van der Waals surface area contributed by atoms with Gasteiger partial charge in [-0.2, -0.15) is 13.2 Å². The average molecular weight is 244 g/mol. The smallest absolute Gasteiger partial charge is 0.269 e.